The molecule has 5 heteroatoms. The number of fused-ring (bicyclic) bond motifs is 1. The van der Waals surface area contributed by atoms with E-state index in [9.17, 15) is 9.59 Å². The molecule has 0 bridgehead atoms. The maximum absolute atomic E-state index is 12.1. The first-order valence-corrected chi connectivity index (χ1v) is 6.74. The second-order valence-electron chi connectivity index (χ2n) is 5.34. The maximum atomic E-state index is 12.1. The van der Waals surface area contributed by atoms with E-state index in [0.717, 1.165) is 31.4 Å². The zero-order valence-electron chi connectivity index (χ0n) is 10.7. The fourth-order valence-electron chi connectivity index (χ4n) is 2.86. The molecule has 0 aliphatic heterocycles. The molecular formula is C14H17N3O2. The Morgan fingerprint density at radius 2 is 2.00 bits per heavy atom. The normalized spacial score (nSPS) is 24.4. The van der Waals surface area contributed by atoms with Crippen molar-refractivity contribution < 1.29 is 9.59 Å². The fraction of sp³-hybridized carbons (Fsp3) is 0.500. The summed E-state index contributed by atoms with van der Waals surface area (Å²) in [5.41, 5.74) is 7.61. The van der Waals surface area contributed by atoms with Crippen LogP contribution in [0.4, 0.5) is 5.82 Å². The fourth-order valence-corrected chi connectivity index (χ4v) is 2.86. The lowest BCUT2D eigenvalue weighted by molar-refractivity contribution is -0.135. The number of hydrogen-bond donors (Lipinski definition) is 2. The average molecular weight is 259 g/mol. The standard InChI is InChI=1S/C14H17N3O2/c15-13(18)9-5-6-10(9)14(19)17-12-7-4-8-2-1-3-11(8)16-12/h4,7,9-10H,1-3,5-6H2,(H2,15,18)(H,16,17,19). The third kappa shape index (κ3) is 2.20. The number of carbonyl (C=O) groups is 2. The van der Waals surface area contributed by atoms with Gasteiger partial charge in [0.2, 0.25) is 11.8 Å². The Hall–Kier alpha value is -1.91. The first-order chi connectivity index (χ1) is 9.15. The molecule has 0 spiro atoms. The van der Waals surface area contributed by atoms with Crippen molar-refractivity contribution in [3.8, 4) is 0 Å². The van der Waals surface area contributed by atoms with Crippen LogP contribution in [-0.4, -0.2) is 16.8 Å². The Bertz CT molecular complexity index is 541. The summed E-state index contributed by atoms with van der Waals surface area (Å²) in [6.07, 6.45) is 4.62. The number of aromatic nitrogens is 1. The first-order valence-electron chi connectivity index (χ1n) is 6.74. The Morgan fingerprint density at radius 1 is 1.21 bits per heavy atom. The minimum atomic E-state index is -0.381. The molecule has 2 atom stereocenters. The van der Waals surface area contributed by atoms with Crippen molar-refractivity contribution in [1.82, 2.24) is 4.98 Å². The highest BCUT2D eigenvalue weighted by Crippen LogP contribution is 2.34. The van der Waals surface area contributed by atoms with E-state index >= 15 is 0 Å². The zero-order valence-corrected chi connectivity index (χ0v) is 10.7. The van der Waals surface area contributed by atoms with Crippen molar-refractivity contribution in [3.05, 3.63) is 23.4 Å². The van der Waals surface area contributed by atoms with Crippen LogP contribution in [-0.2, 0) is 22.4 Å². The number of pyridine rings is 1. The summed E-state index contributed by atoms with van der Waals surface area (Å²) in [7, 11) is 0. The molecule has 3 N–H and O–H groups in total. The Morgan fingerprint density at radius 3 is 2.68 bits per heavy atom. The number of anilines is 1. The predicted octanol–water partition coefficient (Wildman–Crippen LogP) is 1.02. The summed E-state index contributed by atoms with van der Waals surface area (Å²) in [6.45, 7) is 0. The van der Waals surface area contributed by atoms with Crippen LogP contribution < -0.4 is 11.1 Å². The molecule has 19 heavy (non-hydrogen) atoms. The van der Waals surface area contributed by atoms with E-state index < -0.39 is 0 Å². The maximum Gasteiger partial charge on any atom is 0.229 e. The topological polar surface area (TPSA) is 85.1 Å². The van der Waals surface area contributed by atoms with Crippen LogP contribution in [0.2, 0.25) is 0 Å². The highest BCUT2D eigenvalue weighted by molar-refractivity contribution is 5.96. The number of aryl methyl sites for hydroxylation is 2. The van der Waals surface area contributed by atoms with Crippen molar-refractivity contribution in [2.75, 3.05) is 5.32 Å². The van der Waals surface area contributed by atoms with Gasteiger partial charge in [0.15, 0.2) is 0 Å². The van der Waals surface area contributed by atoms with Gasteiger partial charge in [0, 0.05) is 17.5 Å². The van der Waals surface area contributed by atoms with Crippen molar-refractivity contribution in [2.45, 2.75) is 32.1 Å². The summed E-state index contributed by atoms with van der Waals surface area (Å²) >= 11 is 0. The number of carbonyl (C=O) groups excluding carboxylic acids is 2. The predicted molar refractivity (Wildman–Crippen MR) is 70.3 cm³/mol. The van der Waals surface area contributed by atoms with Crippen LogP contribution >= 0.6 is 0 Å². The van der Waals surface area contributed by atoms with E-state index in [2.05, 4.69) is 10.3 Å². The molecule has 3 rings (SSSR count). The third-order valence-electron chi connectivity index (χ3n) is 4.16. The van der Waals surface area contributed by atoms with Crippen LogP contribution in [0.5, 0.6) is 0 Å². The molecule has 1 fully saturated rings. The summed E-state index contributed by atoms with van der Waals surface area (Å²) in [5.74, 6) is -0.531. The van der Waals surface area contributed by atoms with Crippen LogP contribution in [0.25, 0.3) is 0 Å². The lowest BCUT2D eigenvalue weighted by atomic mass is 9.72. The Kier molecular flexibility index (Phi) is 2.97. The number of nitrogens with zero attached hydrogens (tertiary/aromatic N) is 1. The van der Waals surface area contributed by atoms with Crippen LogP contribution in [0.3, 0.4) is 0 Å². The van der Waals surface area contributed by atoms with Gasteiger partial charge in [-0.05, 0) is 43.7 Å². The molecule has 100 valence electrons. The number of nitrogens with two attached hydrogens (primary N) is 1. The largest absolute Gasteiger partial charge is 0.369 e. The minimum Gasteiger partial charge on any atom is -0.369 e. The molecule has 2 unspecified atom stereocenters. The molecule has 1 saturated carbocycles. The monoisotopic (exact) mass is 259 g/mol. The lowest BCUT2D eigenvalue weighted by Crippen LogP contribution is -2.43. The Labute approximate surface area is 111 Å². The van der Waals surface area contributed by atoms with E-state index in [0.29, 0.717) is 12.2 Å². The summed E-state index contributed by atoms with van der Waals surface area (Å²) < 4.78 is 0. The van der Waals surface area contributed by atoms with E-state index in [-0.39, 0.29) is 23.7 Å². The third-order valence-corrected chi connectivity index (χ3v) is 4.16. The Balaban J connectivity index is 1.68. The summed E-state index contributed by atoms with van der Waals surface area (Å²) in [5, 5.41) is 2.80. The molecule has 1 aromatic rings. The zero-order chi connectivity index (χ0) is 13.4. The van der Waals surface area contributed by atoms with Gasteiger partial charge in [-0.2, -0.15) is 0 Å². The first kappa shape index (κ1) is 12.1. The number of primary amides is 1. The van der Waals surface area contributed by atoms with Gasteiger partial charge >= 0.3 is 0 Å². The highest BCUT2D eigenvalue weighted by Gasteiger charge is 2.40. The molecule has 0 aromatic carbocycles. The van der Waals surface area contributed by atoms with E-state index in [1.165, 1.54) is 5.56 Å². The molecule has 0 radical (unpaired) electrons. The van der Waals surface area contributed by atoms with Crippen molar-refractivity contribution in [2.24, 2.45) is 17.6 Å². The smallest absolute Gasteiger partial charge is 0.229 e. The van der Waals surface area contributed by atoms with E-state index in [1.54, 1.807) is 0 Å². The van der Waals surface area contributed by atoms with Gasteiger partial charge < -0.3 is 11.1 Å². The average Bonchev–Trinajstić information content (AvgIpc) is 2.73. The highest BCUT2D eigenvalue weighted by atomic mass is 16.2. The SMILES string of the molecule is NC(=O)C1CCC1C(=O)Nc1ccc2c(n1)CCC2. The van der Waals surface area contributed by atoms with Gasteiger partial charge in [-0.1, -0.05) is 6.07 Å². The van der Waals surface area contributed by atoms with Gasteiger partial charge in [0.1, 0.15) is 5.82 Å². The number of hydrogen-bond acceptors (Lipinski definition) is 3. The minimum absolute atomic E-state index is 0.138. The number of nitrogens with one attached hydrogen (secondary N) is 1. The molecule has 2 amide bonds. The second-order valence-corrected chi connectivity index (χ2v) is 5.34. The second kappa shape index (κ2) is 4.64. The van der Waals surface area contributed by atoms with Crippen molar-refractivity contribution >= 4 is 17.6 Å². The molecule has 2 aliphatic carbocycles. The molecule has 5 nitrogen and oxygen atoms in total. The quantitative estimate of drug-likeness (QED) is 0.849. The van der Waals surface area contributed by atoms with Crippen molar-refractivity contribution in [1.29, 1.82) is 0 Å². The summed E-state index contributed by atoms with van der Waals surface area (Å²) in [4.78, 5) is 27.6. The van der Waals surface area contributed by atoms with Crippen LogP contribution in [0.1, 0.15) is 30.5 Å². The van der Waals surface area contributed by atoms with Gasteiger partial charge in [-0.25, -0.2) is 4.98 Å². The molecule has 2 aliphatic rings. The van der Waals surface area contributed by atoms with Gasteiger partial charge in [0.25, 0.3) is 0 Å². The van der Waals surface area contributed by atoms with Gasteiger partial charge in [0.05, 0.1) is 0 Å². The van der Waals surface area contributed by atoms with Gasteiger partial charge in [-0.3, -0.25) is 9.59 Å². The molecule has 1 heterocycles. The molecule has 1 aromatic heterocycles. The number of amides is 2. The van der Waals surface area contributed by atoms with Crippen LogP contribution in [0.15, 0.2) is 12.1 Å². The van der Waals surface area contributed by atoms with E-state index in [1.807, 2.05) is 12.1 Å². The number of rotatable bonds is 3. The summed E-state index contributed by atoms with van der Waals surface area (Å²) in [6, 6.07) is 3.86. The van der Waals surface area contributed by atoms with Crippen LogP contribution in [0, 0.1) is 11.8 Å². The molecular weight excluding hydrogens is 242 g/mol. The molecule has 0 saturated heterocycles. The van der Waals surface area contributed by atoms with E-state index in [4.69, 9.17) is 5.73 Å². The lowest BCUT2D eigenvalue weighted by Gasteiger charge is -2.32. The van der Waals surface area contributed by atoms with Crippen molar-refractivity contribution in [3.63, 3.8) is 0 Å². The van der Waals surface area contributed by atoms with Gasteiger partial charge in [-0.15, -0.1) is 0 Å².